The molecule has 4 rings (SSSR count). The van der Waals surface area contributed by atoms with Gasteiger partial charge in [0.15, 0.2) is 0 Å². The van der Waals surface area contributed by atoms with Crippen LogP contribution in [0, 0.1) is 0 Å². The first-order chi connectivity index (χ1) is 13.5. The Kier molecular flexibility index (Phi) is 4.92. The van der Waals surface area contributed by atoms with Crippen molar-refractivity contribution < 1.29 is 24.5 Å². The Bertz CT molecular complexity index is 865. The zero-order chi connectivity index (χ0) is 19.7. The van der Waals surface area contributed by atoms with Gasteiger partial charge in [-0.2, -0.15) is 0 Å². The van der Waals surface area contributed by atoms with E-state index in [0.717, 1.165) is 5.56 Å². The lowest BCUT2D eigenvalue weighted by atomic mass is 10.1. The van der Waals surface area contributed by atoms with Crippen LogP contribution in [-0.4, -0.2) is 63.7 Å². The van der Waals surface area contributed by atoms with Crippen molar-refractivity contribution in [2.24, 2.45) is 0 Å². The van der Waals surface area contributed by atoms with E-state index < -0.39 is 5.91 Å². The van der Waals surface area contributed by atoms with Gasteiger partial charge >= 0.3 is 0 Å². The van der Waals surface area contributed by atoms with E-state index in [1.807, 2.05) is 30.3 Å². The molecule has 2 fully saturated rings. The molecule has 2 aromatic rings. The van der Waals surface area contributed by atoms with E-state index in [9.17, 15) is 19.8 Å². The number of ether oxygens (including phenoxy) is 1. The van der Waals surface area contributed by atoms with Crippen molar-refractivity contribution in [3.05, 3.63) is 59.7 Å². The number of hydrogen-bond acceptors (Lipinski definition) is 5. The van der Waals surface area contributed by atoms with Crippen LogP contribution in [0.4, 0.5) is 0 Å². The number of likely N-dealkylation sites (tertiary alicyclic amines) is 1. The minimum Gasteiger partial charge on any atom is -0.507 e. The number of carbonyl (C=O) groups excluding carboxylic acids is 2. The maximum Gasteiger partial charge on any atom is 0.261 e. The molecule has 2 atom stereocenters. The van der Waals surface area contributed by atoms with Gasteiger partial charge < -0.3 is 24.7 Å². The van der Waals surface area contributed by atoms with Crippen molar-refractivity contribution in [1.82, 2.24) is 9.80 Å². The third-order valence-electron chi connectivity index (χ3n) is 5.32. The Morgan fingerprint density at radius 2 is 1.75 bits per heavy atom. The summed E-state index contributed by atoms with van der Waals surface area (Å²) in [5.41, 5.74) is 0.888. The van der Waals surface area contributed by atoms with E-state index in [1.54, 1.807) is 4.90 Å². The van der Waals surface area contributed by atoms with Crippen molar-refractivity contribution in [1.29, 1.82) is 0 Å². The fourth-order valence-corrected chi connectivity index (χ4v) is 3.90. The highest BCUT2D eigenvalue weighted by molar-refractivity contribution is 5.99. The van der Waals surface area contributed by atoms with Crippen molar-refractivity contribution in [3.8, 4) is 11.5 Å². The van der Waals surface area contributed by atoms with Crippen molar-refractivity contribution in [3.63, 3.8) is 0 Å². The smallest absolute Gasteiger partial charge is 0.261 e. The van der Waals surface area contributed by atoms with E-state index in [-0.39, 0.29) is 41.7 Å². The maximum absolute atomic E-state index is 12.9. The predicted octanol–water partition coefficient (Wildman–Crippen LogP) is 1.74. The van der Waals surface area contributed by atoms with Crippen LogP contribution in [0.3, 0.4) is 0 Å². The summed E-state index contributed by atoms with van der Waals surface area (Å²) in [6, 6.07) is 13.6. The second kappa shape index (κ2) is 7.52. The van der Waals surface area contributed by atoms with Crippen LogP contribution < -0.4 is 0 Å². The SMILES string of the molecule is O=C(c1c(O)cccc1O)N1C[C@@H]2OCCC(=O)N(Cc3ccccc3)[C@H]2C1. The minimum absolute atomic E-state index is 0.00365. The molecule has 7 heteroatoms. The number of benzene rings is 2. The van der Waals surface area contributed by atoms with Crippen molar-refractivity contribution >= 4 is 11.8 Å². The summed E-state index contributed by atoms with van der Waals surface area (Å²) in [6.07, 6.45) is 0.0146. The monoisotopic (exact) mass is 382 g/mol. The van der Waals surface area contributed by atoms with Gasteiger partial charge in [0.1, 0.15) is 17.1 Å². The van der Waals surface area contributed by atoms with Crippen LogP contribution in [0.5, 0.6) is 11.5 Å². The van der Waals surface area contributed by atoms with Gasteiger partial charge in [-0.25, -0.2) is 0 Å². The van der Waals surface area contributed by atoms with Gasteiger partial charge in [0.2, 0.25) is 5.91 Å². The second-order valence-electron chi connectivity index (χ2n) is 7.12. The van der Waals surface area contributed by atoms with Crippen LogP contribution in [-0.2, 0) is 16.1 Å². The van der Waals surface area contributed by atoms with Gasteiger partial charge in [0.05, 0.1) is 25.2 Å². The fourth-order valence-electron chi connectivity index (χ4n) is 3.90. The number of phenolic OH excluding ortho intramolecular Hbond substituents is 2. The summed E-state index contributed by atoms with van der Waals surface area (Å²) in [7, 11) is 0. The highest BCUT2D eigenvalue weighted by atomic mass is 16.5. The number of amides is 2. The highest BCUT2D eigenvalue weighted by Gasteiger charge is 2.43. The molecular formula is C21H22N2O5. The summed E-state index contributed by atoms with van der Waals surface area (Å²) in [5.74, 6) is -1.01. The summed E-state index contributed by atoms with van der Waals surface area (Å²) >= 11 is 0. The van der Waals surface area contributed by atoms with E-state index in [4.69, 9.17) is 4.74 Å². The molecule has 28 heavy (non-hydrogen) atoms. The second-order valence-corrected chi connectivity index (χ2v) is 7.12. The van der Waals surface area contributed by atoms with Crippen molar-refractivity contribution in [2.45, 2.75) is 25.1 Å². The molecule has 146 valence electrons. The number of fused-ring (bicyclic) bond motifs is 1. The zero-order valence-electron chi connectivity index (χ0n) is 15.3. The first kappa shape index (κ1) is 18.3. The number of rotatable bonds is 3. The van der Waals surface area contributed by atoms with Gasteiger partial charge in [-0.05, 0) is 17.7 Å². The molecule has 0 unspecified atom stereocenters. The molecular weight excluding hydrogens is 360 g/mol. The number of phenols is 2. The molecule has 0 spiro atoms. The van der Waals surface area contributed by atoms with E-state index in [1.165, 1.54) is 23.1 Å². The quantitative estimate of drug-likeness (QED) is 0.844. The van der Waals surface area contributed by atoms with E-state index in [2.05, 4.69) is 0 Å². The number of nitrogens with zero attached hydrogens (tertiary/aromatic N) is 2. The van der Waals surface area contributed by atoms with Gasteiger partial charge in [-0.15, -0.1) is 0 Å². The Hall–Kier alpha value is -3.06. The molecule has 0 bridgehead atoms. The Morgan fingerprint density at radius 3 is 2.46 bits per heavy atom. The third kappa shape index (κ3) is 3.41. The molecule has 0 aromatic heterocycles. The first-order valence-electron chi connectivity index (χ1n) is 9.30. The van der Waals surface area contributed by atoms with Crippen LogP contribution >= 0.6 is 0 Å². The summed E-state index contributed by atoms with van der Waals surface area (Å²) in [4.78, 5) is 28.9. The zero-order valence-corrected chi connectivity index (χ0v) is 15.3. The van der Waals surface area contributed by atoms with Gasteiger partial charge in [-0.1, -0.05) is 36.4 Å². The largest absolute Gasteiger partial charge is 0.507 e. The molecule has 2 N–H and O–H groups in total. The predicted molar refractivity (Wildman–Crippen MR) is 101 cm³/mol. The molecule has 0 aliphatic carbocycles. The van der Waals surface area contributed by atoms with Gasteiger partial charge in [-0.3, -0.25) is 9.59 Å². The van der Waals surface area contributed by atoms with Crippen LogP contribution in [0.2, 0.25) is 0 Å². The van der Waals surface area contributed by atoms with Crippen molar-refractivity contribution in [2.75, 3.05) is 19.7 Å². The summed E-state index contributed by atoms with van der Waals surface area (Å²) in [5, 5.41) is 20.0. The van der Waals surface area contributed by atoms with Gasteiger partial charge in [0, 0.05) is 19.6 Å². The lowest BCUT2D eigenvalue weighted by molar-refractivity contribution is -0.133. The number of aromatic hydroxyl groups is 2. The molecule has 2 aliphatic rings. The van der Waals surface area contributed by atoms with E-state index >= 15 is 0 Å². The summed E-state index contributed by atoms with van der Waals surface area (Å²) in [6.45, 7) is 1.36. The average molecular weight is 382 g/mol. The third-order valence-corrected chi connectivity index (χ3v) is 5.32. The molecule has 0 saturated carbocycles. The lowest BCUT2D eigenvalue weighted by Gasteiger charge is -2.29. The topological polar surface area (TPSA) is 90.3 Å². The summed E-state index contributed by atoms with van der Waals surface area (Å²) < 4.78 is 5.86. The first-order valence-corrected chi connectivity index (χ1v) is 9.30. The Balaban J connectivity index is 1.58. The molecule has 2 amide bonds. The molecule has 7 nitrogen and oxygen atoms in total. The maximum atomic E-state index is 12.9. The lowest BCUT2D eigenvalue weighted by Crippen LogP contribution is -2.45. The molecule has 0 radical (unpaired) electrons. The fraction of sp³-hybridized carbons (Fsp3) is 0.333. The van der Waals surface area contributed by atoms with Crippen LogP contribution in [0.15, 0.2) is 48.5 Å². The highest BCUT2D eigenvalue weighted by Crippen LogP contribution is 2.31. The average Bonchev–Trinajstić information content (AvgIpc) is 3.04. The van der Waals surface area contributed by atoms with Gasteiger partial charge in [0.25, 0.3) is 5.91 Å². The van der Waals surface area contributed by atoms with E-state index in [0.29, 0.717) is 26.1 Å². The molecule has 2 aliphatic heterocycles. The number of carbonyl (C=O) groups is 2. The molecule has 2 aromatic carbocycles. The normalized spacial score (nSPS) is 22.1. The van der Waals surface area contributed by atoms with Crippen LogP contribution in [0.25, 0.3) is 0 Å². The van der Waals surface area contributed by atoms with Crippen LogP contribution in [0.1, 0.15) is 22.3 Å². The Morgan fingerprint density at radius 1 is 1.04 bits per heavy atom. The molecule has 2 heterocycles. The minimum atomic E-state index is -0.473. The standard InChI is InChI=1S/C21H22N2O5/c24-16-7-4-8-17(25)20(16)21(27)22-12-15-18(13-22)28-10-9-19(26)23(15)11-14-5-2-1-3-6-14/h1-8,15,18,24-25H,9-13H2/t15-,18-/m0/s1. The Labute approximate surface area is 162 Å². The number of hydrogen-bond donors (Lipinski definition) is 2. The molecule has 2 saturated heterocycles.